The van der Waals surface area contributed by atoms with Crippen molar-refractivity contribution < 1.29 is 9.53 Å². The summed E-state index contributed by atoms with van der Waals surface area (Å²) >= 11 is 0. The second kappa shape index (κ2) is 5.53. The van der Waals surface area contributed by atoms with E-state index in [4.69, 9.17) is 4.74 Å². The number of methoxy groups -OCH3 is 1. The van der Waals surface area contributed by atoms with E-state index in [2.05, 4.69) is 43.7 Å². The van der Waals surface area contributed by atoms with Crippen molar-refractivity contribution in [2.24, 2.45) is 5.92 Å². The molecule has 1 aliphatic rings. The minimum atomic E-state index is -0.151. The predicted octanol–water partition coefficient (Wildman–Crippen LogP) is 2.02. The van der Waals surface area contributed by atoms with Gasteiger partial charge < -0.3 is 13.9 Å². The number of benzene rings is 1. The van der Waals surface area contributed by atoms with Gasteiger partial charge in [-0.05, 0) is 23.9 Å². The van der Waals surface area contributed by atoms with Gasteiger partial charge in [-0.25, -0.2) is 0 Å². The highest BCUT2D eigenvalue weighted by molar-refractivity contribution is 5.80. The lowest BCUT2D eigenvalue weighted by Gasteiger charge is -2.22. The molecule has 3 heterocycles. The summed E-state index contributed by atoms with van der Waals surface area (Å²) in [6.07, 6.45) is 3.60. The number of carbonyl (C=O) groups is 1. The van der Waals surface area contributed by atoms with Gasteiger partial charge in [0.15, 0.2) is 5.82 Å². The molecule has 118 valence electrons. The van der Waals surface area contributed by atoms with Crippen LogP contribution in [0.5, 0.6) is 0 Å². The van der Waals surface area contributed by atoms with Gasteiger partial charge in [-0.15, -0.1) is 10.2 Å². The molecule has 0 fully saturated rings. The SMILES string of the molecule is COC(=O)C1CCc2nnc(Cn3ccc4ccccc43)n2C1. The summed E-state index contributed by atoms with van der Waals surface area (Å²) in [7, 11) is 1.44. The van der Waals surface area contributed by atoms with Gasteiger partial charge in [-0.1, -0.05) is 18.2 Å². The summed E-state index contributed by atoms with van der Waals surface area (Å²) < 4.78 is 9.12. The lowest BCUT2D eigenvalue weighted by atomic mass is 9.99. The van der Waals surface area contributed by atoms with E-state index in [0.29, 0.717) is 13.1 Å². The van der Waals surface area contributed by atoms with Crippen molar-refractivity contribution in [1.29, 1.82) is 0 Å². The van der Waals surface area contributed by atoms with Crippen LogP contribution in [0.15, 0.2) is 36.5 Å². The molecule has 0 saturated carbocycles. The van der Waals surface area contributed by atoms with E-state index >= 15 is 0 Å². The van der Waals surface area contributed by atoms with Crippen molar-refractivity contribution in [3.8, 4) is 0 Å². The number of aromatic nitrogens is 4. The monoisotopic (exact) mass is 310 g/mol. The molecule has 4 rings (SSSR count). The van der Waals surface area contributed by atoms with Crippen LogP contribution in [0.3, 0.4) is 0 Å². The van der Waals surface area contributed by atoms with E-state index in [9.17, 15) is 4.79 Å². The van der Waals surface area contributed by atoms with Gasteiger partial charge in [0.2, 0.25) is 0 Å². The number of esters is 1. The van der Waals surface area contributed by atoms with Crippen LogP contribution < -0.4 is 0 Å². The van der Waals surface area contributed by atoms with Gasteiger partial charge in [0.1, 0.15) is 5.82 Å². The molecule has 6 heteroatoms. The molecule has 3 aromatic rings. The van der Waals surface area contributed by atoms with E-state index in [1.54, 1.807) is 0 Å². The molecule has 23 heavy (non-hydrogen) atoms. The lowest BCUT2D eigenvalue weighted by molar-refractivity contribution is -0.146. The van der Waals surface area contributed by atoms with Crippen molar-refractivity contribution in [2.45, 2.75) is 25.9 Å². The number of nitrogens with zero attached hydrogens (tertiary/aromatic N) is 4. The molecule has 0 spiro atoms. The highest BCUT2D eigenvalue weighted by atomic mass is 16.5. The maximum absolute atomic E-state index is 11.8. The molecule has 1 atom stereocenters. The second-order valence-corrected chi connectivity index (χ2v) is 5.90. The Bertz CT molecular complexity index is 864. The number of ether oxygens (including phenoxy) is 1. The van der Waals surface area contributed by atoms with Crippen LogP contribution in [0.1, 0.15) is 18.1 Å². The highest BCUT2D eigenvalue weighted by Gasteiger charge is 2.28. The molecule has 0 amide bonds. The summed E-state index contributed by atoms with van der Waals surface area (Å²) in [5.74, 6) is 1.58. The van der Waals surface area contributed by atoms with E-state index in [-0.39, 0.29) is 11.9 Å². The minimum absolute atomic E-state index is 0.108. The summed E-state index contributed by atoms with van der Waals surface area (Å²) in [5.41, 5.74) is 1.17. The number of para-hydroxylation sites is 1. The molecule has 0 N–H and O–H groups in total. The number of rotatable bonds is 3. The number of hydrogen-bond acceptors (Lipinski definition) is 4. The summed E-state index contributed by atoms with van der Waals surface area (Å²) in [6.45, 7) is 1.25. The summed E-state index contributed by atoms with van der Waals surface area (Å²) in [5, 5.41) is 9.83. The summed E-state index contributed by atoms with van der Waals surface area (Å²) in [6, 6.07) is 10.4. The highest BCUT2D eigenvalue weighted by Crippen LogP contribution is 2.22. The Balaban J connectivity index is 1.64. The van der Waals surface area contributed by atoms with Crippen molar-refractivity contribution in [2.75, 3.05) is 7.11 Å². The topological polar surface area (TPSA) is 61.9 Å². The zero-order valence-corrected chi connectivity index (χ0v) is 13.0. The maximum atomic E-state index is 11.8. The fourth-order valence-electron chi connectivity index (χ4n) is 3.29. The van der Waals surface area contributed by atoms with Crippen molar-refractivity contribution >= 4 is 16.9 Å². The van der Waals surface area contributed by atoms with Crippen LogP contribution in [-0.2, 0) is 29.0 Å². The normalized spacial score (nSPS) is 17.2. The molecule has 2 aromatic heterocycles. The molecular formula is C17H18N4O2. The molecule has 1 unspecified atom stereocenters. The number of fused-ring (bicyclic) bond motifs is 2. The zero-order chi connectivity index (χ0) is 15.8. The average molecular weight is 310 g/mol. The largest absolute Gasteiger partial charge is 0.469 e. The minimum Gasteiger partial charge on any atom is -0.469 e. The van der Waals surface area contributed by atoms with Crippen LogP contribution in [0.25, 0.3) is 10.9 Å². The molecule has 1 aliphatic heterocycles. The third kappa shape index (κ3) is 2.40. The van der Waals surface area contributed by atoms with Crippen LogP contribution in [0.2, 0.25) is 0 Å². The summed E-state index contributed by atoms with van der Waals surface area (Å²) in [4.78, 5) is 11.8. The first-order valence-corrected chi connectivity index (χ1v) is 7.79. The molecular weight excluding hydrogens is 292 g/mol. The Hall–Kier alpha value is -2.63. The molecule has 0 saturated heterocycles. The third-order valence-electron chi connectivity index (χ3n) is 4.55. The van der Waals surface area contributed by atoms with E-state index < -0.39 is 0 Å². The lowest BCUT2D eigenvalue weighted by Crippen LogP contribution is -2.29. The predicted molar refractivity (Wildman–Crippen MR) is 84.9 cm³/mol. The molecule has 0 aliphatic carbocycles. The Morgan fingerprint density at radius 3 is 3.04 bits per heavy atom. The van der Waals surface area contributed by atoms with Crippen LogP contribution in [0.4, 0.5) is 0 Å². The van der Waals surface area contributed by atoms with Crippen LogP contribution >= 0.6 is 0 Å². The third-order valence-corrected chi connectivity index (χ3v) is 4.55. The van der Waals surface area contributed by atoms with Gasteiger partial charge >= 0.3 is 5.97 Å². The molecule has 6 nitrogen and oxygen atoms in total. The first-order valence-electron chi connectivity index (χ1n) is 7.79. The average Bonchev–Trinajstić information content (AvgIpc) is 3.19. The smallest absolute Gasteiger partial charge is 0.310 e. The van der Waals surface area contributed by atoms with Crippen molar-refractivity contribution in [3.05, 3.63) is 48.2 Å². The Kier molecular flexibility index (Phi) is 3.37. The van der Waals surface area contributed by atoms with Gasteiger partial charge in [-0.2, -0.15) is 0 Å². The Morgan fingerprint density at radius 2 is 2.17 bits per heavy atom. The molecule has 0 radical (unpaired) electrons. The van der Waals surface area contributed by atoms with Crippen molar-refractivity contribution in [3.63, 3.8) is 0 Å². The van der Waals surface area contributed by atoms with Gasteiger partial charge in [0, 0.05) is 24.7 Å². The fraction of sp³-hybridized carbons (Fsp3) is 0.353. The maximum Gasteiger partial charge on any atom is 0.310 e. The first kappa shape index (κ1) is 14.0. The number of hydrogen-bond donors (Lipinski definition) is 0. The van der Waals surface area contributed by atoms with Gasteiger partial charge in [0.05, 0.1) is 19.6 Å². The number of aryl methyl sites for hydroxylation is 1. The van der Waals surface area contributed by atoms with E-state index in [0.717, 1.165) is 24.5 Å². The zero-order valence-electron chi connectivity index (χ0n) is 13.0. The second-order valence-electron chi connectivity index (χ2n) is 5.90. The standard InChI is InChI=1S/C17H18N4O2/c1-23-17(22)13-6-7-15-18-19-16(21(15)10-13)11-20-9-8-12-4-2-3-5-14(12)20/h2-5,8-9,13H,6-7,10-11H2,1H3. The quantitative estimate of drug-likeness (QED) is 0.694. The van der Waals surface area contributed by atoms with Crippen molar-refractivity contribution in [1.82, 2.24) is 19.3 Å². The fourth-order valence-corrected chi connectivity index (χ4v) is 3.29. The molecule has 1 aromatic carbocycles. The first-order chi connectivity index (χ1) is 11.3. The molecule has 0 bridgehead atoms. The Labute approximate surface area is 133 Å². The van der Waals surface area contributed by atoms with E-state index in [1.165, 1.54) is 18.0 Å². The number of carbonyl (C=O) groups excluding carboxylic acids is 1. The van der Waals surface area contributed by atoms with Gasteiger partial charge in [-0.3, -0.25) is 4.79 Å². The van der Waals surface area contributed by atoms with E-state index in [1.807, 2.05) is 12.1 Å². The van der Waals surface area contributed by atoms with Crippen LogP contribution in [-0.4, -0.2) is 32.4 Å². The van der Waals surface area contributed by atoms with Crippen LogP contribution in [0, 0.1) is 5.92 Å². The Morgan fingerprint density at radius 1 is 1.30 bits per heavy atom. The van der Waals surface area contributed by atoms with Gasteiger partial charge in [0.25, 0.3) is 0 Å².